The van der Waals surface area contributed by atoms with Crippen molar-refractivity contribution in [2.45, 2.75) is 26.9 Å². The Kier molecular flexibility index (Phi) is 4.25. The molecular formula is C13H18N6O3. The molecule has 0 aromatic carbocycles. The van der Waals surface area contributed by atoms with Gasteiger partial charge in [0.05, 0.1) is 11.1 Å². The minimum atomic E-state index is -0.474. The summed E-state index contributed by atoms with van der Waals surface area (Å²) in [5.74, 6) is -0.177. The Balaban J connectivity index is 2.08. The van der Waals surface area contributed by atoms with E-state index in [0.29, 0.717) is 17.9 Å². The number of carbonyl (C=O) groups excluding carboxylic acids is 1. The van der Waals surface area contributed by atoms with E-state index in [4.69, 9.17) is 0 Å². The molecule has 2 heterocycles. The first-order valence-corrected chi connectivity index (χ1v) is 6.69. The molecule has 22 heavy (non-hydrogen) atoms. The maximum atomic E-state index is 12.2. The lowest BCUT2D eigenvalue weighted by Crippen LogP contribution is -2.30. The summed E-state index contributed by atoms with van der Waals surface area (Å²) in [6.45, 7) is 3.54. The molecule has 0 atom stereocenters. The third-order valence-corrected chi connectivity index (χ3v) is 3.41. The fraction of sp³-hybridized carbons (Fsp3) is 0.462. The Morgan fingerprint density at radius 3 is 2.64 bits per heavy atom. The molecule has 2 rings (SSSR count). The van der Waals surface area contributed by atoms with Crippen molar-refractivity contribution in [3.63, 3.8) is 0 Å². The van der Waals surface area contributed by atoms with E-state index < -0.39 is 4.92 Å². The normalized spacial score (nSPS) is 10.7. The van der Waals surface area contributed by atoms with Crippen molar-refractivity contribution in [1.82, 2.24) is 24.5 Å². The van der Waals surface area contributed by atoms with E-state index in [1.807, 2.05) is 6.20 Å². The van der Waals surface area contributed by atoms with Gasteiger partial charge in [-0.05, 0) is 13.8 Å². The van der Waals surface area contributed by atoms with Gasteiger partial charge in [-0.2, -0.15) is 10.2 Å². The van der Waals surface area contributed by atoms with Crippen molar-refractivity contribution in [3.05, 3.63) is 39.5 Å². The van der Waals surface area contributed by atoms with E-state index in [9.17, 15) is 14.9 Å². The molecule has 0 saturated heterocycles. The SMILES string of the molecule is Cc1nn(CC(=O)N(C)Cc2cnn(C)c2)c(C)c1[N+](=O)[O-]. The monoisotopic (exact) mass is 306 g/mol. The Bertz CT molecular complexity index is 717. The number of hydrogen-bond donors (Lipinski definition) is 0. The maximum Gasteiger partial charge on any atom is 0.312 e. The Hall–Kier alpha value is -2.71. The Morgan fingerprint density at radius 2 is 2.14 bits per heavy atom. The summed E-state index contributed by atoms with van der Waals surface area (Å²) < 4.78 is 3.04. The average Bonchev–Trinajstić information content (AvgIpc) is 2.93. The van der Waals surface area contributed by atoms with E-state index in [2.05, 4.69) is 10.2 Å². The Morgan fingerprint density at radius 1 is 1.45 bits per heavy atom. The van der Waals surface area contributed by atoms with Gasteiger partial charge >= 0.3 is 5.69 Å². The zero-order valence-electron chi connectivity index (χ0n) is 13.0. The molecule has 2 aromatic rings. The van der Waals surface area contributed by atoms with Crippen LogP contribution in [0.15, 0.2) is 12.4 Å². The largest absolute Gasteiger partial charge is 0.340 e. The zero-order valence-corrected chi connectivity index (χ0v) is 13.0. The highest BCUT2D eigenvalue weighted by Gasteiger charge is 2.23. The van der Waals surface area contributed by atoms with E-state index in [0.717, 1.165) is 5.56 Å². The van der Waals surface area contributed by atoms with E-state index in [-0.39, 0.29) is 18.1 Å². The van der Waals surface area contributed by atoms with Crippen LogP contribution >= 0.6 is 0 Å². The van der Waals surface area contributed by atoms with Crippen LogP contribution in [0.5, 0.6) is 0 Å². The number of hydrogen-bond acceptors (Lipinski definition) is 5. The number of nitrogens with zero attached hydrogens (tertiary/aromatic N) is 6. The van der Waals surface area contributed by atoms with E-state index >= 15 is 0 Å². The van der Waals surface area contributed by atoms with Gasteiger partial charge in [-0.3, -0.25) is 24.3 Å². The fourth-order valence-corrected chi connectivity index (χ4v) is 2.27. The van der Waals surface area contributed by atoms with Crippen LogP contribution in [0.2, 0.25) is 0 Å². The van der Waals surface area contributed by atoms with Gasteiger partial charge < -0.3 is 4.90 Å². The average molecular weight is 306 g/mol. The predicted octanol–water partition coefficient (Wildman–Crippen LogP) is 0.800. The molecule has 0 bridgehead atoms. The minimum absolute atomic E-state index is 0.0305. The number of carbonyl (C=O) groups is 1. The number of amides is 1. The summed E-state index contributed by atoms with van der Waals surface area (Å²) >= 11 is 0. The molecule has 2 aromatic heterocycles. The van der Waals surface area contributed by atoms with Gasteiger partial charge in [0.2, 0.25) is 5.91 Å². The van der Waals surface area contributed by atoms with Crippen molar-refractivity contribution in [2.24, 2.45) is 7.05 Å². The second kappa shape index (κ2) is 5.96. The lowest BCUT2D eigenvalue weighted by atomic mass is 10.3. The first kappa shape index (κ1) is 15.7. The van der Waals surface area contributed by atoms with Crippen molar-refractivity contribution < 1.29 is 9.72 Å². The number of rotatable bonds is 5. The van der Waals surface area contributed by atoms with Crippen molar-refractivity contribution in [1.29, 1.82) is 0 Å². The summed E-state index contributed by atoms with van der Waals surface area (Å²) in [5, 5.41) is 19.1. The third-order valence-electron chi connectivity index (χ3n) is 3.41. The van der Waals surface area contributed by atoms with Gasteiger partial charge in [-0.1, -0.05) is 0 Å². The molecule has 9 heteroatoms. The van der Waals surface area contributed by atoms with Crippen molar-refractivity contribution >= 4 is 11.6 Å². The molecule has 0 unspecified atom stereocenters. The van der Waals surface area contributed by atoms with Crippen LogP contribution in [0.3, 0.4) is 0 Å². The molecule has 9 nitrogen and oxygen atoms in total. The molecule has 0 fully saturated rings. The molecule has 0 spiro atoms. The molecule has 0 radical (unpaired) electrons. The third kappa shape index (κ3) is 3.13. The molecule has 0 aliphatic heterocycles. The molecule has 0 aliphatic rings. The van der Waals surface area contributed by atoms with Gasteiger partial charge in [0.25, 0.3) is 0 Å². The van der Waals surface area contributed by atoms with Crippen molar-refractivity contribution in [3.8, 4) is 0 Å². The summed E-state index contributed by atoms with van der Waals surface area (Å²) in [5.41, 5.74) is 1.57. The van der Waals surface area contributed by atoms with Crippen LogP contribution in [0, 0.1) is 24.0 Å². The molecule has 0 saturated carbocycles. The van der Waals surface area contributed by atoms with Crippen LogP contribution < -0.4 is 0 Å². The summed E-state index contributed by atoms with van der Waals surface area (Å²) in [7, 11) is 3.48. The quantitative estimate of drug-likeness (QED) is 0.601. The van der Waals surface area contributed by atoms with Gasteiger partial charge in [0, 0.05) is 32.4 Å². The number of likely N-dealkylation sites (N-methyl/N-ethyl adjacent to an activating group) is 1. The van der Waals surface area contributed by atoms with E-state index in [1.165, 1.54) is 4.68 Å². The Labute approximate surface area is 127 Å². The summed E-state index contributed by atoms with van der Waals surface area (Å²) in [4.78, 5) is 24.3. The minimum Gasteiger partial charge on any atom is -0.340 e. The van der Waals surface area contributed by atoms with Crippen LogP contribution in [0.4, 0.5) is 5.69 Å². The standard InChI is InChI=1S/C13H18N6O3/c1-9-13(19(21)22)10(2)18(15-9)8-12(20)16(3)6-11-5-14-17(4)7-11/h5,7H,6,8H2,1-4H3. The smallest absolute Gasteiger partial charge is 0.312 e. The summed E-state index contributed by atoms with van der Waals surface area (Å²) in [6.07, 6.45) is 3.52. The second-order valence-electron chi connectivity index (χ2n) is 5.21. The molecule has 0 aliphatic carbocycles. The highest BCUT2D eigenvalue weighted by atomic mass is 16.6. The molecule has 0 N–H and O–H groups in total. The van der Waals surface area contributed by atoms with Crippen LogP contribution in [-0.2, 0) is 24.9 Å². The van der Waals surface area contributed by atoms with Crippen LogP contribution in [0.25, 0.3) is 0 Å². The lowest BCUT2D eigenvalue weighted by molar-refractivity contribution is -0.386. The fourth-order valence-electron chi connectivity index (χ4n) is 2.27. The molecule has 1 amide bonds. The first-order chi connectivity index (χ1) is 10.3. The van der Waals surface area contributed by atoms with Gasteiger partial charge in [-0.25, -0.2) is 0 Å². The van der Waals surface area contributed by atoms with Crippen LogP contribution in [0.1, 0.15) is 17.0 Å². The van der Waals surface area contributed by atoms with Gasteiger partial charge in [-0.15, -0.1) is 0 Å². The zero-order chi connectivity index (χ0) is 16.4. The van der Waals surface area contributed by atoms with Gasteiger partial charge in [0.15, 0.2) is 0 Å². The number of aryl methyl sites for hydroxylation is 2. The topological polar surface area (TPSA) is 99.1 Å². The maximum absolute atomic E-state index is 12.2. The second-order valence-corrected chi connectivity index (χ2v) is 5.21. The van der Waals surface area contributed by atoms with Crippen LogP contribution in [-0.4, -0.2) is 42.3 Å². The molecular weight excluding hydrogens is 288 g/mol. The first-order valence-electron chi connectivity index (χ1n) is 6.69. The lowest BCUT2D eigenvalue weighted by Gasteiger charge is -2.16. The van der Waals surface area contributed by atoms with Crippen molar-refractivity contribution in [2.75, 3.05) is 7.05 Å². The summed E-state index contributed by atoms with van der Waals surface area (Å²) in [6, 6.07) is 0. The molecule has 118 valence electrons. The van der Waals surface area contributed by atoms with Gasteiger partial charge in [0.1, 0.15) is 17.9 Å². The highest BCUT2D eigenvalue weighted by Crippen LogP contribution is 2.21. The number of nitro groups is 1. The van der Waals surface area contributed by atoms with E-state index in [1.54, 1.807) is 43.7 Å². The predicted molar refractivity (Wildman–Crippen MR) is 78.0 cm³/mol. The number of aromatic nitrogens is 4. The highest BCUT2D eigenvalue weighted by molar-refractivity contribution is 5.75.